The van der Waals surface area contributed by atoms with Crippen molar-refractivity contribution in [2.24, 2.45) is 11.7 Å². The molecule has 1 saturated heterocycles. The summed E-state index contributed by atoms with van der Waals surface area (Å²) >= 11 is 0. The first-order valence-electron chi connectivity index (χ1n) is 6.25. The number of rotatable bonds is 2. The van der Waals surface area contributed by atoms with Crippen LogP contribution in [0.25, 0.3) is 0 Å². The predicted molar refractivity (Wildman–Crippen MR) is 69.8 cm³/mol. The van der Waals surface area contributed by atoms with Crippen LogP contribution >= 0.6 is 0 Å². The summed E-state index contributed by atoms with van der Waals surface area (Å²) < 4.78 is 0. The zero-order valence-corrected chi connectivity index (χ0v) is 10.3. The maximum absolute atomic E-state index is 5.83. The van der Waals surface area contributed by atoms with E-state index in [-0.39, 0.29) is 0 Å². The highest BCUT2D eigenvalue weighted by Crippen LogP contribution is 2.28. The van der Waals surface area contributed by atoms with Gasteiger partial charge in [-0.15, -0.1) is 0 Å². The van der Waals surface area contributed by atoms with E-state index in [2.05, 4.69) is 43.0 Å². The smallest absolute Gasteiger partial charge is 0.0368 e. The standard InChI is InChI=1S/C14H22N2/c1-11-5-7-14(8-6-11)16-9-3-4-13(10-15)12(16)2/h5-8,12-13H,3-4,9-10,15H2,1-2H3/t12-,13-/m1/s1. The molecule has 1 aliphatic heterocycles. The first kappa shape index (κ1) is 11.5. The van der Waals surface area contributed by atoms with E-state index in [4.69, 9.17) is 5.73 Å². The molecule has 1 aromatic rings. The SMILES string of the molecule is Cc1ccc(N2CCC[C@H](CN)[C@H]2C)cc1. The highest BCUT2D eigenvalue weighted by Gasteiger charge is 2.26. The van der Waals surface area contributed by atoms with Crippen LogP contribution in [-0.4, -0.2) is 19.1 Å². The van der Waals surface area contributed by atoms with E-state index in [0.29, 0.717) is 12.0 Å². The number of hydrogen-bond donors (Lipinski definition) is 1. The average molecular weight is 218 g/mol. The minimum absolute atomic E-state index is 0.571. The topological polar surface area (TPSA) is 29.3 Å². The fraction of sp³-hybridized carbons (Fsp3) is 0.571. The van der Waals surface area contributed by atoms with Gasteiger partial charge in [-0.25, -0.2) is 0 Å². The third-order valence-corrected chi connectivity index (χ3v) is 3.82. The second-order valence-electron chi connectivity index (χ2n) is 4.91. The summed E-state index contributed by atoms with van der Waals surface area (Å²) in [6, 6.07) is 9.40. The zero-order valence-electron chi connectivity index (χ0n) is 10.3. The van der Waals surface area contributed by atoms with Crippen LogP contribution in [0.2, 0.25) is 0 Å². The van der Waals surface area contributed by atoms with Gasteiger partial charge < -0.3 is 10.6 Å². The van der Waals surface area contributed by atoms with Crippen LogP contribution in [0.5, 0.6) is 0 Å². The molecule has 1 heterocycles. The number of aryl methyl sites for hydroxylation is 1. The second kappa shape index (κ2) is 4.88. The molecule has 2 atom stereocenters. The maximum atomic E-state index is 5.83. The molecule has 16 heavy (non-hydrogen) atoms. The summed E-state index contributed by atoms with van der Waals surface area (Å²) in [5, 5.41) is 0. The summed E-state index contributed by atoms with van der Waals surface area (Å²) in [5.41, 5.74) is 8.50. The van der Waals surface area contributed by atoms with Gasteiger partial charge in [0.15, 0.2) is 0 Å². The van der Waals surface area contributed by atoms with Gasteiger partial charge in [0, 0.05) is 18.3 Å². The van der Waals surface area contributed by atoms with Crippen LogP contribution < -0.4 is 10.6 Å². The van der Waals surface area contributed by atoms with E-state index >= 15 is 0 Å². The van der Waals surface area contributed by atoms with E-state index in [9.17, 15) is 0 Å². The third kappa shape index (κ3) is 2.22. The number of piperidine rings is 1. The molecule has 1 aromatic carbocycles. The molecule has 2 nitrogen and oxygen atoms in total. The van der Waals surface area contributed by atoms with Crippen molar-refractivity contribution in [2.45, 2.75) is 32.7 Å². The summed E-state index contributed by atoms with van der Waals surface area (Å²) in [7, 11) is 0. The number of hydrogen-bond acceptors (Lipinski definition) is 2. The fourth-order valence-electron chi connectivity index (χ4n) is 2.64. The molecule has 0 radical (unpaired) electrons. The van der Waals surface area contributed by atoms with Crippen molar-refractivity contribution in [3.63, 3.8) is 0 Å². The molecule has 2 N–H and O–H groups in total. The highest BCUT2D eigenvalue weighted by atomic mass is 15.2. The van der Waals surface area contributed by atoms with Gasteiger partial charge >= 0.3 is 0 Å². The number of nitrogens with two attached hydrogens (primary N) is 1. The molecule has 1 aliphatic rings. The lowest BCUT2D eigenvalue weighted by Gasteiger charge is -2.40. The molecule has 0 bridgehead atoms. The number of nitrogens with zero attached hydrogens (tertiary/aromatic N) is 1. The Morgan fingerprint density at radius 2 is 2.00 bits per heavy atom. The predicted octanol–water partition coefficient (Wildman–Crippen LogP) is 2.56. The zero-order chi connectivity index (χ0) is 11.5. The lowest BCUT2D eigenvalue weighted by molar-refractivity contribution is 0.345. The molecule has 0 saturated carbocycles. The Morgan fingerprint density at radius 3 is 2.62 bits per heavy atom. The molecule has 2 heteroatoms. The Balaban J connectivity index is 2.16. The lowest BCUT2D eigenvalue weighted by atomic mass is 9.90. The number of anilines is 1. The van der Waals surface area contributed by atoms with Crippen molar-refractivity contribution in [1.29, 1.82) is 0 Å². The third-order valence-electron chi connectivity index (χ3n) is 3.82. The first-order valence-corrected chi connectivity index (χ1v) is 6.25. The Kier molecular flexibility index (Phi) is 3.49. The lowest BCUT2D eigenvalue weighted by Crippen LogP contribution is -2.46. The van der Waals surface area contributed by atoms with Gasteiger partial charge in [-0.2, -0.15) is 0 Å². The van der Waals surface area contributed by atoms with Gasteiger partial charge in [0.1, 0.15) is 0 Å². The summed E-state index contributed by atoms with van der Waals surface area (Å²) in [5.74, 6) is 0.648. The van der Waals surface area contributed by atoms with Gasteiger partial charge in [-0.3, -0.25) is 0 Å². The van der Waals surface area contributed by atoms with E-state index < -0.39 is 0 Å². The minimum atomic E-state index is 0.571. The van der Waals surface area contributed by atoms with E-state index in [1.165, 1.54) is 30.6 Å². The van der Waals surface area contributed by atoms with Crippen LogP contribution in [0.4, 0.5) is 5.69 Å². The molecule has 0 spiro atoms. The maximum Gasteiger partial charge on any atom is 0.0368 e. The largest absolute Gasteiger partial charge is 0.369 e. The summed E-state index contributed by atoms with van der Waals surface area (Å²) in [6.45, 7) is 6.41. The van der Waals surface area contributed by atoms with Crippen molar-refractivity contribution in [3.05, 3.63) is 29.8 Å². The normalized spacial score (nSPS) is 25.8. The number of benzene rings is 1. The van der Waals surface area contributed by atoms with Crippen molar-refractivity contribution < 1.29 is 0 Å². The highest BCUT2D eigenvalue weighted by molar-refractivity contribution is 5.48. The summed E-state index contributed by atoms with van der Waals surface area (Å²) in [4.78, 5) is 2.50. The van der Waals surface area contributed by atoms with Crippen molar-refractivity contribution >= 4 is 5.69 Å². The molecular weight excluding hydrogens is 196 g/mol. The fourth-order valence-corrected chi connectivity index (χ4v) is 2.64. The van der Waals surface area contributed by atoms with Crippen LogP contribution in [0.3, 0.4) is 0 Å². The van der Waals surface area contributed by atoms with Gasteiger partial charge in [-0.1, -0.05) is 17.7 Å². The molecule has 0 aromatic heterocycles. The Morgan fingerprint density at radius 1 is 1.31 bits per heavy atom. The molecule has 88 valence electrons. The van der Waals surface area contributed by atoms with Gasteiger partial charge in [0.2, 0.25) is 0 Å². The molecule has 1 fully saturated rings. The molecule has 2 rings (SSSR count). The average Bonchev–Trinajstić information content (AvgIpc) is 2.31. The van der Waals surface area contributed by atoms with E-state index in [0.717, 1.165) is 6.54 Å². The quantitative estimate of drug-likeness (QED) is 0.826. The summed E-state index contributed by atoms with van der Waals surface area (Å²) in [6.07, 6.45) is 2.54. The minimum Gasteiger partial charge on any atom is -0.369 e. The van der Waals surface area contributed by atoms with Gasteiger partial charge in [0.25, 0.3) is 0 Å². The Hall–Kier alpha value is -1.02. The van der Waals surface area contributed by atoms with E-state index in [1.54, 1.807) is 0 Å². The van der Waals surface area contributed by atoms with E-state index in [1.807, 2.05) is 0 Å². The Labute approximate surface area is 98.4 Å². The van der Waals surface area contributed by atoms with Crippen LogP contribution in [0.15, 0.2) is 24.3 Å². The molecule has 0 unspecified atom stereocenters. The van der Waals surface area contributed by atoms with Crippen LogP contribution in [-0.2, 0) is 0 Å². The molecule has 0 amide bonds. The van der Waals surface area contributed by atoms with Crippen molar-refractivity contribution in [3.8, 4) is 0 Å². The van der Waals surface area contributed by atoms with Gasteiger partial charge in [0.05, 0.1) is 0 Å². The van der Waals surface area contributed by atoms with Crippen molar-refractivity contribution in [1.82, 2.24) is 0 Å². The first-order chi connectivity index (χ1) is 7.72. The van der Waals surface area contributed by atoms with Crippen LogP contribution in [0.1, 0.15) is 25.3 Å². The van der Waals surface area contributed by atoms with Crippen molar-refractivity contribution in [2.75, 3.05) is 18.0 Å². The van der Waals surface area contributed by atoms with Gasteiger partial charge in [-0.05, 0) is 51.3 Å². The molecular formula is C14H22N2. The van der Waals surface area contributed by atoms with Crippen LogP contribution in [0, 0.1) is 12.8 Å². The monoisotopic (exact) mass is 218 g/mol. The Bertz CT molecular complexity index is 331. The second-order valence-corrected chi connectivity index (χ2v) is 4.91. The molecule has 0 aliphatic carbocycles.